The predicted molar refractivity (Wildman–Crippen MR) is 68.7 cm³/mol. The average Bonchev–Trinajstić information content (AvgIpc) is 2.36. The number of hydrogen-bond donors (Lipinski definition) is 1. The van der Waals surface area contributed by atoms with E-state index in [2.05, 4.69) is 5.32 Å². The lowest BCUT2D eigenvalue weighted by molar-refractivity contribution is 0.0950. The largest absolute Gasteiger partial charge is 0.348 e. The van der Waals surface area contributed by atoms with Gasteiger partial charge in [0, 0.05) is 12.1 Å². The number of rotatable bonds is 3. The fourth-order valence-corrected chi connectivity index (χ4v) is 1.75. The van der Waals surface area contributed by atoms with Crippen molar-refractivity contribution >= 4 is 5.91 Å². The highest BCUT2D eigenvalue weighted by Gasteiger charge is 2.07. The van der Waals surface area contributed by atoms with Crippen molar-refractivity contribution in [3.63, 3.8) is 0 Å². The molecule has 0 atom stereocenters. The molecular formula is C15H14FNO. The molecule has 1 N–H and O–H groups in total. The van der Waals surface area contributed by atoms with Crippen molar-refractivity contribution in [3.8, 4) is 0 Å². The summed E-state index contributed by atoms with van der Waals surface area (Å²) in [5.41, 5.74) is 2.10. The molecule has 0 spiro atoms. The molecule has 18 heavy (non-hydrogen) atoms. The Labute approximate surface area is 105 Å². The van der Waals surface area contributed by atoms with Crippen molar-refractivity contribution in [1.29, 1.82) is 0 Å². The Morgan fingerprint density at radius 1 is 1.17 bits per heavy atom. The summed E-state index contributed by atoms with van der Waals surface area (Å²) in [5, 5.41) is 2.76. The Hall–Kier alpha value is -2.16. The third kappa shape index (κ3) is 3.17. The number of carbonyl (C=O) groups excluding carboxylic acids is 1. The minimum absolute atomic E-state index is 0.263. The summed E-state index contributed by atoms with van der Waals surface area (Å²) >= 11 is 0. The number of carbonyl (C=O) groups is 1. The maximum absolute atomic E-state index is 13.2. The minimum Gasteiger partial charge on any atom is -0.348 e. The molecule has 0 saturated carbocycles. The fourth-order valence-electron chi connectivity index (χ4n) is 1.75. The Kier molecular flexibility index (Phi) is 3.72. The molecule has 0 aliphatic rings. The van der Waals surface area contributed by atoms with Gasteiger partial charge in [0.1, 0.15) is 5.82 Å². The van der Waals surface area contributed by atoms with Crippen LogP contribution in [-0.2, 0) is 6.54 Å². The number of halogens is 1. The monoisotopic (exact) mass is 243 g/mol. The summed E-state index contributed by atoms with van der Waals surface area (Å²) in [7, 11) is 0. The Balaban J connectivity index is 2.04. The lowest BCUT2D eigenvalue weighted by Crippen LogP contribution is -2.22. The molecular weight excluding hydrogens is 229 g/mol. The van der Waals surface area contributed by atoms with Gasteiger partial charge in [0.05, 0.1) is 0 Å². The first-order valence-electron chi connectivity index (χ1n) is 5.74. The molecule has 0 fully saturated rings. The Morgan fingerprint density at radius 3 is 2.56 bits per heavy atom. The van der Waals surface area contributed by atoms with Crippen LogP contribution in [0.15, 0.2) is 48.5 Å². The predicted octanol–water partition coefficient (Wildman–Crippen LogP) is 3.06. The van der Waals surface area contributed by atoms with E-state index in [4.69, 9.17) is 0 Å². The molecule has 2 aromatic rings. The molecule has 3 heteroatoms. The van der Waals surface area contributed by atoms with Crippen molar-refractivity contribution in [3.05, 3.63) is 71.0 Å². The average molecular weight is 243 g/mol. The van der Waals surface area contributed by atoms with E-state index in [1.54, 1.807) is 13.0 Å². The highest BCUT2D eigenvalue weighted by molar-refractivity contribution is 5.94. The molecule has 0 aliphatic carbocycles. The minimum atomic E-state index is -0.389. The van der Waals surface area contributed by atoms with Crippen molar-refractivity contribution in [2.24, 2.45) is 0 Å². The van der Waals surface area contributed by atoms with Gasteiger partial charge in [-0.3, -0.25) is 4.79 Å². The SMILES string of the molecule is Cc1cc(F)cc(C(=O)NCc2ccccc2)c1. The topological polar surface area (TPSA) is 29.1 Å². The third-order valence-electron chi connectivity index (χ3n) is 2.60. The first-order valence-corrected chi connectivity index (χ1v) is 5.74. The van der Waals surface area contributed by atoms with Gasteiger partial charge in [-0.25, -0.2) is 4.39 Å². The quantitative estimate of drug-likeness (QED) is 0.882. The van der Waals surface area contributed by atoms with E-state index in [-0.39, 0.29) is 11.7 Å². The second kappa shape index (κ2) is 5.45. The van der Waals surface area contributed by atoms with Crippen LogP contribution in [0.4, 0.5) is 4.39 Å². The Morgan fingerprint density at radius 2 is 1.89 bits per heavy atom. The first-order chi connectivity index (χ1) is 8.65. The number of amides is 1. The van der Waals surface area contributed by atoms with Crippen molar-refractivity contribution < 1.29 is 9.18 Å². The van der Waals surface area contributed by atoms with Gasteiger partial charge in [0.25, 0.3) is 5.91 Å². The lowest BCUT2D eigenvalue weighted by atomic mass is 10.1. The Bertz CT molecular complexity index is 531. The van der Waals surface area contributed by atoms with Crippen LogP contribution in [0.2, 0.25) is 0 Å². The normalized spacial score (nSPS) is 10.1. The van der Waals surface area contributed by atoms with E-state index in [0.717, 1.165) is 11.1 Å². The van der Waals surface area contributed by atoms with Gasteiger partial charge in [0.2, 0.25) is 0 Å². The second-order valence-corrected chi connectivity index (χ2v) is 4.19. The summed E-state index contributed by atoms with van der Waals surface area (Å²) in [6, 6.07) is 13.9. The zero-order valence-electron chi connectivity index (χ0n) is 10.1. The van der Waals surface area contributed by atoms with Crippen LogP contribution in [0.3, 0.4) is 0 Å². The molecule has 0 unspecified atom stereocenters. The molecule has 0 aliphatic heterocycles. The maximum atomic E-state index is 13.2. The summed E-state index contributed by atoms with van der Waals surface area (Å²) < 4.78 is 13.2. The first kappa shape index (κ1) is 12.3. The number of hydrogen-bond acceptors (Lipinski definition) is 1. The van der Waals surface area contributed by atoms with E-state index < -0.39 is 0 Å². The molecule has 2 rings (SSSR count). The lowest BCUT2D eigenvalue weighted by Gasteiger charge is -2.06. The highest BCUT2D eigenvalue weighted by atomic mass is 19.1. The third-order valence-corrected chi connectivity index (χ3v) is 2.60. The summed E-state index contributed by atoms with van der Waals surface area (Å²) in [4.78, 5) is 11.8. The molecule has 2 nitrogen and oxygen atoms in total. The van der Waals surface area contributed by atoms with E-state index in [0.29, 0.717) is 12.1 Å². The number of benzene rings is 2. The van der Waals surface area contributed by atoms with E-state index in [9.17, 15) is 9.18 Å². The van der Waals surface area contributed by atoms with Gasteiger partial charge in [0.15, 0.2) is 0 Å². The highest BCUT2D eigenvalue weighted by Crippen LogP contribution is 2.08. The molecule has 0 aromatic heterocycles. The van der Waals surface area contributed by atoms with Crippen LogP contribution in [0, 0.1) is 12.7 Å². The fraction of sp³-hybridized carbons (Fsp3) is 0.133. The number of nitrogens with one attached hydrogen (secondary N) is 1. The standard InChI is InChI=1S/C15H14FNO/c1-11-7-13(9-14(16)8-11)15(18)17-10-12-5-3-2-4-6-12/h2-9H,10H2,1H3,(H,17,18). The van der Waals surface area contributed by atoms with Crippen LogP contribution >= 0.6 is 0 Å². The molecule has 92 valence electrons. The van der Waals surface area contributed by atoms with E-state index in [1.807, 2.05) is 30.3 Å². The van der Waals surface area contributed by atoms with Crippen LogP contribution < -0.4 is 5.32 Å². The van der Waals surface area contributed by atoms with Crippen LogP contribution in [0.1, 0.15) is 21.5 Å². The van der Waals surface area contributed by atoms with Crippen molar-refractivity contribution in [2.45, 2.75) is 13.5 Å². The molecule has 1 amide bonds. The summed E-state index contributed by atoms with van der Waals surface area (Å²) in [6.45, 7) is 2.20. The molecule has 0 heterocycles. The zero-order chi connectivity index (χ0) is 13.0. The van der Waals surface area contributed by atoms with Crippen LogP contribution in [0.25, 0.3) is 0 Å². The van der Waals surface area contributed by atoms with Crippen molar-refractivity contribution in [1.82, 2.24) is 5.32 Å². The zero-order valence-corrected chi connectivity index (χ0v) is 10.1. The molecule has 0 saturated heterocycles. The van der Waals surface area contributed by atoms with Crippen LogP contribution in [0.5, 0.6) is 0 Å². The van der Waals surface area contributed by atoms with Gasteiger partial charge in [-0.05, 0) is 36.2 Å². The van der Waals surface area contributed by atoms with E-state index >= 15 is 0 Å². The smallest absolute Gasteiger partial charge is 0.251 e. The van der Waals surface area contributed by atoms with Gasteiger partial charge < -0.3 is 5.32 Å². The summed E-state index contributed by atoms with van der Waals surface area (Å²) in [6.07, 6.45) is 0. The summed E-state index contributed by atoms with van der Waals surface area (Å²) in [5.74, 6) is -0.652. The maximum Gasteiger partial charge on any atom is 0.251 e. The van der Waals surface area contributed by atoms with Gasteiger partial charge in [-0.1, -0.05) is 30.3 Å². The van der Waals surface area contributed by atoms with Gasteiger partial charge >= 0.3 is 0 Å². The van der Waals surface area contributed by atoms with E-state index in [1.165, 1.54) is 12.1 Å². The second-order valence-electron chi connectivity index (χ2n) is 4.19. The molecule has 0 bridgehead atoms. The van der Waals surface area contributed by atoms with Crippen LogP contribution in [-0.4, -0.2) is 5.91 Å². The van der Waals surface area contributed by atoms with Crippen molar-refractivity contribution in [2.75, 3.05) is 0 Å². The van der Waals surface area contributed by atoms with Gasteiger partial charge in [-0.2, -0.15) is 0 Å². The molecule has 0 radical (unpaired) electrons. The van der Waals surface area contributed by atoms with Gasteiger partial charge in [-0.15, -0.1) is 0 Å². The molecule has 2 aromatic carbocycles. The number of aryl methyl sites for hydroxylation is 1.